The minimum absolute atomic E-state index is 0. The first-order valence-corrected chi connectivity index (χ1v) is 37.8. The van der Waals surface area contributed by atoms with E-state index in [4.69, 9.17) is 63.1 Å². The van der Waals surface area contributed by atoms with Crippen LogP contribution in [-0.2, 0) is 71.5 Å². The van der Waals surface area contributed by atoms with Crippen molar-refractivity contribution in [1.82, 2.24) is 74.8 Å². The molecule has 0 saturated heterocycles. The normalized spacial score (nSPS) is 9.22. The Bertz CT molecular complexity index is 6180. The Morgan fingerprint density at radius 1 is 0.312 bits per heavy atom. The van der Waals surface area contributed by atoms with E-state index < -0.39 is 0 Å². The van der Waals surface area contributed by atoms with Crippen LogP contribution >= 0.6 is 0 Å². The van der Waals surface area contributed by atoms with Gasteiger partial charge in [-0.15, -0.1) is 43.1 Å². The Morgan fingerprint density at radius 2 is 0.608 bits per heavy atom. The van der Waals surface area contributed by atoms with Gasteiger partial charge in [0.25, 0.3) is 0 Å². The van der Waals surface area contributed by atoms with Crippen LogP contribution in [0, 0.1) is 61.7 Å². The third-order valence-electron chi connectivity index (χ3n) is 16.4. The summed E-state index contributed by atoms with van der Waals surface area (Å²) >= 11 is 0. The molecular weight excluding hydrogens is 1810 g/mol. The predicted molar refractivity (Wildman–Crippen MR) is 485 cm³/mol. The fourth-order valence-corrected chi connectivity index (χ4v) is 10.6. The van der Waals surface area contributed by atoms with E-state index >= 15 is 0 Å². The number of azide groups is 2. The van der Waals surface area contributed by atoms with Gasteiger partial charge in [0.1, 0.15) is 0 Å². The fourth-order valence-electron chi connectivity index (χ4n) is 10.6. The molecule has 0 spiro atoms. The van der Waals surface area contributed by atoms with Crippen LogP contribution in [0.1, 0.15) is 46.7 Å². The Labute approximate surface area is 766 Å². The summed E-state index contributed by atoms with van der Waals surface area (Å²) in [6.45, 7) is 3.13. The summed E-state index contributed by atoms with van der Waals surface area (Å²) in [6, 6.07) is 103. The molecule has 0 saturated carbocycles. The molecule has 0 fully saturated rings. The van der Waals surface area contributed by atoms with Crippen molar-refractivity contribution in [1.29, 1.82) is 0 Å². The third-order valence-corrected chi connectivity index (χ3v) is 16.4. The largest absolute Gasteiger partial charge is 0.255 e. The van der Waals surface area contributed by atoms with Gasteiger partial charge < -0.3 is 0 Å². The summed E-state index contributed by atoms with van der Waals surface area (Å²) in [6.07, 6.45) is 42.7. The summed E-state index contributed by atoms with van der Waals surface area (Å²) in [5, 5.41) is 14.5. The van der Waals surface area contributed by atoms with Crippen molar-refractivity contribution in [2.45, 2.75) is 26.4 Å². The van der Waals surface area contributed by atoms with E-state index in [1.54, 1.807) is 55.8 Å². The van der Waals surface area contributed by atoms with Crippen molar-refractivity contribution in [2.24, 2.45) is 10.2 Å². The van der Waals surface area contributed by atoms with E-state index in [0.717, 1.165) is 120 Å². The molecule has 0 aliphatic rings. The Kier molecular flexibility index (Phi) is 44.9. The van der Waals surface area contributed by atoms with Crippen molar-refractivity contribution < 1.29 is 58.4 Å². The smallest absolute Gasteiger partial charge is 0.0907 e. The van der Waals surface area contributed by atoms with E-state index in [1.807, 2.05) is 309 Å². The van der Waals surface area contributed by atoms with Gasteiger partial charge in [0.05, 0.1) is 116 Å². The van der Waals surface area contributed by atoms with Crippen LogP contribution in [-0.4, -0.2) is 81.8 Å². The molecule has 17 rings (SSSR count). The maximum atomic E-state index is 7.99. The topological polar surface area (TPSA) is 283 Å². The molecule has 24 heteroatoms. The molecule has 0 amide bonds. The maximum absolute atomic E-state index is 7.99. The first kappa shape index (κ1) is 97.9. The SMILES string of the molecule is C#CCC.C#Cc1ccc(-c2cccc(-c3cc(C#C)cc(-c4ccccn4)n3)n2)nc1.C#Cc1ccc(-c2ccccn2)nc1.C#Cc1ccccc1.CN=[N+]=[N-].[N-]=[N+]=NCc1ccccc1.[Ru].[Ru].[Ru].c1ccc(-c2cccc(-c3cccc(-c4ccccn4)n3)n2)nc1.c1ccc(-c2ccccn2)nc1.c1ccc(Cn2nncc2-c2ccccc2)cc1. The maximum Gasteiger partial charge on any atom is 0.0907 e. The summed E-state index contributed by atoms with van der Waals surface area (Å²) < 4.78 is 1.92. The molecule has 0 atom stereocenters. The van der Waals surface area contributed by atoms with Gasteiger partial charge in [-0.3, -0.25) is 39.9 Å². The minimum atomic E-state index is 0. The van der Waals surface area contributed by atoms with Crippen LogP contribution in [0.4, 0.5) is 0 Å². The second-order valence-electron chi connectivity index (χ2n) is 24.8. The van der Waals surface area contributed by atoms with Gasteiger partial charge in [-0.1, -0.05) is 210 Å². The fraction of sp³-hybridized carbons (Fsp3) is 0.0495. The second-order valence-corrected chi connectivity index (χ2v) is 24.8. The zero-order valence-electron chi connectivity index (χ0n) is 67.8. The van der Waals surface area contributed by atoms with Gasteiger partial charge in [0.2, 0.25) is 0 Å². The molecule has 0 aliphatic heterocycles. The number of hydrogen-bond donors (Lipinski definition) is 0. The average Bonchev–Trinajstić information content (AvgIpc) is 1.68. The number of terminal acetylenes is 5. The molecule has 21 nitrogen and oxygen atoms in total. The van der Waals surface area contributed by atoms with Crippen molar-refractivity contribution in [3.63, 3.8) is 0 Å². The molecule has 612 valence electrons. The van der Waals surface area contributed by atoms with Crippen molar-refractivity contribution in [3.8, 4) is 164 Å². The van der Waals surface area contributed by atoms with Crippen molar-refractivity contribution in [3.05, 3.63) is 432 Å². The van der Waals surface area contributed by atoms with Crippen LogP contribution in [0.15, 0.2) is 388 Å². The molecule has 13 heterocycles. The number of benzene rings is 4. The summed E-state index contributed by atoms with van der Waals surface area (Å²) in [5.74, 6) is 12.7. The number of hydrogen-bond acceptors (Lipinski definition) is 16. The zero-order chi connectivity index (χ0) is 85.7. The Hall–Kier alpha value is -15.9. The molecule has 0 bridgehead atoms. The van der Waals surface area contributed by atoms with Gasteiger partial charge in [-0.05, 0) is 180 Å². The van der Waals surface area contributed by atoms with Gasteiger partial charge in [0.15, 0.2) is 0 Å². The molecular formula is C101H79N21Ru3. The molecule has 17 aromatic rings. The standard InChI is InChI=1S/C24H14N4.C20H14N4.C15H13N3.C12H8N2.C10H8N2.C8H6.C7H7N3.C4H6.CH3N3.3Ru/c1-3-17-11-12-20(26-16-17)21-9-7-10-22(27-21)24-15-18(4-2)14-23(28-24)19-8-5-6-13-25-19;1-3-13-21-15(7-1)17-9-5-11-19(23-17)20-12-6-10-18(24-20)16-8-2-4-14-22-16;1-3-7-13(8-4-1)12-18-15(11-16-17-18)14-9-5-2-6-10-14;1-2-10-6-7-12(14-9-10)11-5-3-4-8-13-11;1-3-7-11-9(5-1)10-6-2-4-8-12-10;1-2-8-6-4-3-5-7-8;8-10-9-6-7-4-2-1-3-5-7;2*1-3-4-2;;;/h1-2,5-16H;1-14H;1-11H,12H2;1,3-9H;1-8H;1,3-7H;1-5H,6H2;1H,4H2,2H3;1H3;;;. The molecule has 125 heavy (non-hydrogen) atoms. The van der Waals surface area contributed by atoms with Crippen LogP contribution < -0.4 is 0 Å². The quantitative estimate of drug-likeness (QED) is 0.0341. The first-order chi connectivity index (χ1) is 60.2. The van der Waals surface area contributed by atoms with E-state index in [-0.39, 0.29) is 58.4 Å². The number of aromatic nitrogens is 15. The zero-order valence-corrected chi connectivity index (χ0v) is 73.0. The van der Waals surface area contributed by atoms with Crippen LogP contribution in [0.25, 0.3) is 123 Å². The number of nitrogens with zero attached hydrogens (tertiary/aromatic N) is 21. The first-order valence-electron chi connectivity index (χ1n) is 37.8. The van der Waals surface area contributed by atoms with Crippen LogP contribution in [0.2, 0.25) is 0 Å². The van der Waals surface area contributed by atoms with E-state index in [1.165, 1.54) is 12.6 Å². The molecule has 13 aromatic heterocycles. The molecule has 0 aliphatic carbocycles. The van der Waals surface area contributed by atoms with Crippen LogP contribution in [0.3, 0.4) is 0 Å². The summed E-state index contributed by atoms with van der Waals surface area (Å²) in [5.41, 5.74) is 35.7. The molecule has 0 radical (unpaired) electrons. The third kappa shape index (κ3) is 33.7. The second kappa shape index (κ2) is 57.3. The Balaban J connectivity index is 0.000000228. The molecule has 4 aromatic carbocycles. The average molecular weight is 1890 g/mol. The van der Waals surface area contributed by atoms with E-state index in [0.29, 0.717) is 29.2 Å². The number of pyridine rings is 12. The van der Waals surface area contributed by atoms with Crippen molar-refractivity contribution >= 4 is 0 Å². The number of rotatable bonds is 13. The van der Waals surface area contributed by atoms with Gasteiger partial charge in [-0.2, -0.15) is 0 Å². The summed E-state index contributed by atoms with van der Waals surface area (Å²) in [4.78, 5) is 58.1. The Morgan fingerprint density at radius 3 is 0.936 bits per heavy atom. The minimum Gasteiger partial charge on any atom is -0.255 e. The van der Waals surface area contributed by atoms with E-state index in [9.17, 15) is 0 Å². The van der Waals surface area contributed by atoms with E-state index in [2.05, 4.69) is 124 Å². The molecule has 0 unspecified atom stereocenters. The van der Waals surface area contributed by atoms with Gasteiger partial charge >= 0.3 is 0 Å². The van der Waals surface area contributed by atoms with Gasteiger partial charge in [0, 0.05) is 159 Å². The monoisotopic (exact) mass is 1890 g/mol. The molecule has 0 N–H and O–H groups in total. The summed E-state index contributed by atoms with van der Waals surface area (Å²) in [7, 11) is 1.39. The predicted octanol–water partition coefficient (Wildman–Crippen LogP) is 21.9. The van der Waals surface area contributed by atoms with Crippen molar-refractivity contribution in [2.75, 3.05) is 7.05 Å². The van der Waals surface area contributed by atoms with Gasteiger partial charge in [-0.25, -0.2) is 24.6 Å². The van der Waals surface area contributed by atoms with Crippen LogP contribution in [0.5, 0.6) is 0 Å².